The first kappa shape index (κ1) is 13.6. The van der Waals surface area contributed by atoms with E-state index in [0.29, 0.717) is 0 Å². The standard InChI is InChI=1S/C18H23NO/c20-15-16-8-7-9-17(14-16)18(10-3-1-4-11-18)19-12-5-2-6-13-19/h2,5,7-9,14-15H,1,3-4,6,10-13H2. The van der Waals surface area contributed by atoms with Crippen LogP contribution < -0.4 is 0 Å². The van der Waals surface area contributed by atoms with Crippen molar-refractivity contribution in [2.24, 2.45) is 0 Å². The number of carbonyl (C=O) groups is 1. The van der Waals surface area contributed by atoms with Crippen molar-refractivity contribution in [2.45, 2.75) is 44.1 Å². The van der Waals surface area contributed by atoms with Crippen LogP contribution in [0.15, 0.2) is 36.4 Å². The van der Waals surface area contributed by atoms with Crippen LogP contribution in [0.25, 0.3) is 0 Å². The quantitative estimate of drug-likeness (QED) is 0.612. The highest BCUT2D eigenvalue weighted by molar-refractivity contribution is 5.75. The van der Waals surface area contributed by atoms with Crippen LogP contribution in [-0.2, 0) is 5.54 Å². The van der Waals surface area contributed by atoms with Gasteiger partial charge in [0.1, 0.15) is 6.29 Å². The van der Waals surface area contributed by atoms with Crippen LogP contribution in [0, 0.1) is 0 Å². The lowest BCUT2D eigenvalue weighted by molar-refractivity contribution is 0.0557. The first-order valence-electron chi connectivity index (χ1n) is 7.81. The Morgan fingerprint density at radius 2 is 1.95 bits per heavy atom. The summed E-state index contributed by atoms with van der Waals surface area (Å²) in [5, 5.41) is 0. The first-order chi connectivity index (χ1) is 9.85. The van der Waals surface area contributed by atoms with Gasteiger partial charge in [0.2, 0.25) is 0 Å². The van der Waals surface area contributed by atoms with Gasteiger partial charge in [0.05, 0.1) is 0 Å². The summed E-state index contributed by atoms with van der Waals surface area (Å²) in [5.74, 6) is 0. The molecule has 2 heteroatoms. The molecule has 2 nitrogen and oxygen atoms in total. The molecule has 0 atom stereocenters. The summed E-state index contributed by atoms with van der Waals surface area (Å²) in [6.45, 7) is 2.19. The fraction of sp³-hybridized carbons (Fsp3) is 0.500. The highest BCUT2D eigenvalue weighted by Crippen LogP contribution is 2.43. The Morgan fingerprint density at radius 3 is 2.65 bits per heavy atom. The van der Waals surface area contributed by atoms with Gasteiger partial charge in [-0.3, -0.25) is 9.69 Å². The minimum Gasteiger partial charge on any atom is -0.298 e. The number of carbonyl (C=O) groups excluding carboxylic acids is 1. The van der Waals surface area contributed by atoms with Crippen LogP contribution in [0.5, 0.6) is 0 Å². The molecule has 20 heavy (non-hydrogen) atoms. The number of rotatable bonds is 3. The molecule has 0 unspecified atom stereocenters. The lowest BCUT2D eigenvalue weighted by atomic mass is 9.74. The molecule has 3 rings (SSSR count). The molecule has 2 aliphatic rings. The van der Waals surface area contributed by atoms with Crippen molar-refractivity contribution in [1.29, 1.82) is 0 Å². The van der Waals surface area contributed by atoms with Gasteiger partial charge in [0.15, 0.2) is 0 Å². The van der Waals surface area contributed by atoms with Crippen molar-refractivity contribution in [2.75, 3.05) is 13.1 Å². The Morgan fingerprint density at radius 1 is 1.10 bits per heavy atom. The van der Waals surface area contributed by atoms with Crippen LogP contribution in [-0.4, -0.2) is 24.3 Å². The van der Waals surface area contributed by atoms with Crippen molar-refractivity contribution < 1.29 is 4.79 Å². The minimum absolute atomic E-state index is 0.155. The smallest absolute Gasteiger partial charge is 0.150 e. The second-order valence-electron chi connectivity index (χ2n) is 6.04. The highest BCUT2D eigenvalue weighted by atomic mass is 16.1. The molecule has 1 aromatic rings. The van der Waals surface area contributed by atoms with Crippen LogP contribution in [0.3, 0.4) is 0 Å². The molecule has 0 spiro atoms. The molecule has 0 saturated heterocycles. The molecule has 0 amide bonds. The number of benzene rings is 1. The van der Waals surface area contributed by atoms with E-state index in [2.05, 4.69) is 29.2 Å². The van der Waals surface area contributed by atoms with Gasteiger partial charge in [-0.05, 0) is 30.9 Å². The maximum Gasteiger partial charge on any atom is 0.150 e. The molecule has 1 aromatic carbocycles. The molecular formula is C18H23NO. The maximum absolute atomic E-state index is 11.1. The Labute approximate surface area is 121 Å². The van der Waals surface area contributed by atoms with E-state index in [1.165, 1.54) is 37.7 Å². The Bertz CT molecular complexity index is 500. The van der Waals surface area contributed by atoms with Crippen molar-refractivity contribution in [1.82, 2.24) is 4.90 Å². The van der Waals surface area contributed by atoms with Gasteiger partial charge in [0.25, 0.3) is 0 Å². The van der Waals surface area contributed by atoms with Gasteiger partial charge in [-0.15, -0.1) is 0 Å². The molecule has 106 valence electrons. The van der Waals surface area contributed by atoms with Crippen LogP contribution in [0.4, 0.5) is 0 Å². The predicted molar refractivity (Wildman–Crippen MR) is 81.9 cm³/mol. The zero-order chi connectivity index (χ0) is 13.8. The number of hydrogen-bond acceptors (Lipinski definition) is 2. The van der Waals surface area contributed by atoms with E-state index in [-0.39, 0.29) is 5.54 Å². The van der Waals surface area contributed by atoms with Gasteiger partial charge in [-0.1, -0.05) is 49.6 Å². The zero-order valence-electron chi connectivity index (χ0n) is 12.1. The van der Waals surface area contributed by atoms with E-state index in [0.717, 1.165) is 31.4 Å². The van der Waals surface area contributed by atoms with Crippen molar-refractivity contribution in [3.05, 3.63) is 47.5 Å². The Balaban J connectivity index is 1.99. The Hall–Kier alpha value is -1.41. The van der Waals surface area contributed by atoms with Crippen LogP contribution >= 0.6 is 0 Å². The monoisotopic (exact) mass is 269 g/mol. The molecule has 1 fully saturated rings. The average Bonchev–Trinajstić information content (AvgIpc) is 2.56. The highest BCUT2D eigenvalue weighted by Gasteiger charge is 2.39. The summed E-state index contributed by atoms with van der Waals surface area (Å²) in [7, 11) is 0. The number of nitrogens with zero attached hydrogens (tertiary/aromatic N) is 1. The third-order valence-electron chi connectivity index (χ3n) is 4.90. The maximum atomic E-state index is 11.1. The fourth-order valence-electron chi connectivity index (χ4n) is 3.86. The van der Waals surface area contributed by atoms with E-state index in [9.17, 15) is 4.79 Å². The second kappa shape index (κ2) is 5.92. The van der Waals surface area contributed by atoms with E-state index in [4.69, 9.17) is 0 Å². The molecule has 0 aromatic heterocycles. The van der Waals surface area contributed by atoms with E-state index in [1.54, 1.807) is 0 Å². The molecule has 1 aliphatic carbocycles. The average molecular weight is 269 g/mol. The van der Waals surface area contributed by atoms with Gasteiger partial charge < -0.3 is 0 Å². The van der Waals surface area contributed by atoms with E-state index in [1.807, 2.05) is 12.1 Å². The molecule has 1 heterocycles. The molecule has 0 bridgehead atoms. The lowest BCUT2D eigenvalue weighted by Gasteiger charge is -2.48. The third kappa shape index (κ3) is 2.45. The van der Waals surface area contributed by atoms with E-state index >= 15 is 0 Å². The number of aldehydes is 1. The van der Waals surface area contributed by atoms with Gasteiger partial charge >= 0.3 is 0 Å². The molecule has 1 aliphatic heterocycles. The number of hydrogen-bond donors (Lipinski definition) is 0. The summed E-state index contributed by atoms with van der Waals surface area (Å²) in [6, 6.07) is 8.27. The summed E-state index contributed by atoms with van der Waals surface area (Å²) in [5.41, 5.74) is 2.30. The summed E-state index contributed by atoms with van der Waals surface area (Å²) >= 11 is 0. The topological polar surface area (TPSA) is 20.3 Å². The molecule has 1 saturated carbocycles. The third-order valence-corrected chi connectivity index (χ3v) is 4.90. The summed E-state index contributed by atoms with van der Waals surface area (Å²) in [4.78, 5) is 13.7. The van der Waals surface area contributed by atoms with Crippen LogP contribution in [0.1, 0.15) is 54.4 Å². The molecule has 0 radical (unpaired) electrons. The Kier molecular flexibility index (Phi) is 4.02. The van der Waals surface area contributed by atoms with E-state index < -0.39 is 0 Å². The van der Waals surface area contributed by atoms with Crippen LogP contribution in [0.2, 0.25) is 0 Å². The molecular weight excluding hydrogens is 246 g/mol. The fourth-order valence-corrected chi connectivity index (χ4v) is 3.86. The van der Waals surface area contributed by atoms with Gasteiger partial charge in [-0.2, -0.15) is 0 Å². The van der Waals surface area contributed by atoms with Crippen molar-refractivity contribution in [3.8, 4) is 0 Å². The first-order valence-corrected chi connectivity index (χ1v) is 7.81. The lowest BCUT2D eigenvalue weighted by Crippen LogP contribution is -2.49. The minimum atomic E-state index is 0.155. The summed E-state index contributed by atoms with van der Waals surface area (Å²) < 4.78 is 0. The SMILES string of the molecule is O=Cc1cccc(C2(N3CC=CCC3)CCCCC2)c1. The zero-order valence-corrected chi connectivity index (χ0v) is 12.1. The van der Waals surface area contributed by atoms with Crippen molar-refractivity contribution >= 4 is 6.29 Å². The predicted octanol–water partition coefficient (Wildman–Crippen LogP) is 3.92. The second-order valence-corrected chi connectivity index (χ2v) is 6.04. The molecule has 0 N–H and O–H groups in total. The largest absolute Gasteiger partial charge is 0.298 e. The van der Waals surface area contributed by atoms with Crippen molar-refractivity contribution in [3.63, 3.8) is 0 Å². The van der Waals surface area contributed by atoms with Gasteiger partial charge in [0, 0.05) is 24.2 Å². The summed E-state index contributed by atoms with van der Waals surface area (Å²) in [6.07, 6.45) is 13.1. The van der Waals surface area contributed by atoms with Gasteiger partial charge in [-0.25, -0.2) is 0 Å². The normalized spacial score (nSPS) is 22.6.